The number of hydrogen-bond acceptors (Lipinski definition) is 4. The van der Waals surface area contributed by atoms with Gasteiger partial charge in [-0.25, -0.2) is 4.79 Å². The predicted molar refractivity (Wildman–Crippen MR) is 31.5 cm³/mol. The van der Waals surface area contributed by atoms with Gasteiger partial charge in [0.1, 0.15) is 0 Å². The minimum Gasteiger partial charge on any atom is -0.476 e. The molecule has 0 bridgehead atoms. The van der Waals surface area contributed by atoms with Gasteiger partial charge in [0.2, 0.25) is 0 Å². The Balaban J connectivity index is 3.07. The summed E-state index contributed by atoms with van der Waals surface area (Å²) in [4.78, 5) is 10.2. The van der Waals surface area contributed by atoms with Gasteiger partial charge in [0.25, 0.3) is 0 Å². The highest BCUT2D eigenvalue weighted by molar-refractivity contribution is 5.84. The van der Waals surface area contributed by atoms with E-state index in [1.54, 1.807) is 6.92 Å². The van der Waals surface area contributed by atoms with Crippen LogP contribution in [0, 0.1) is 6.92 Å². The fraction of sp³-hybridized carbons (Fsp3) is 0.200. The standard InChI is InChI=1S/C5H5N3O2/c1-3-2-4(5(9)10)7-8-6-3/h2H,1H3,(H,9,10). The van der Waals surface area contributed by atoms with Crippen molar-refractivity contribution in [3.63, 3.8) is 0 Å². The summed E-state index contributed by atoms with van der Waals surface area (Å²) in [5, 5.41) is 18.4. The zero-order valence-electron chi connectivity index (χ0n) is 5.27. The molecular weight excluding hydrogens is 134 g/mol. The van der Waals surface area contributed by atoms with Crippen LogP contribution in [-0.4, -0.2) is 26.5 Å². The van der Waals surface area contributed by atoms with Crippen LogP contribution in [0.2, 0.25) is 0 Å². The molecule has 0 unspecified atom stereocenters. The Kier molecular flexibility index (Phi) is 1.57. The lowest BCUT2D eigenvalue weighted by atomic mass is 10.3. The Hall–Kier alpha value is -1.52. The van der Waals surface area contributed by atoms with Crippen molar-refractivity contribution in [3.05, 3.63) is 17.5 Å². The largest absolute Gasteiger partial charge is 0.476 e. The van der Waals surface area contributed by atoms with Gasteiger partial charge in [-0.1, -0.05) is 0 Å². The van der Waals surface area contributed by atoms with Crippen LogP contribution < -0.4 is 0 Å². The molecule has 0 aliphatic heterocycles. The average molecular weight is 139 g/mol. The van der Waals surface area contributed by atoms with Crippen LogP contribution in [0.1, 0.15) is 16.2 Å². The van der Waals surface area contributed by atoms with E-state index in [0.29, 0.717) is 5.69 Å². The third-order valence-corrected chi connectivity index (χ3v) is 0.920. The molecule has 1 aromatic rings. The van der Waals surface area contributed by atoms with Crippen molar-refractivity contribution >= 4 is 5.97 Å². The lowest BCUT2D eigenvalue weighted by Crippen LogP contribution is -2.03. The van der Waals surface area contributed by atoms with E-state index in [-0.39, 0.29) is 5.69 Å². The zero-order chi connectivity index (χ0) is 7.56. The molecule has 0 fully saturated rings. The molecule has 5 heteroatoms. The molecule has 0 atom stereocenters. The minimum absolute atomic E-state index is 0.0764. The summed E-state index contributed by atoms with van der Waals surface area (Å²) < 4.78 is 0. The van der Waals surface area contributed by atoms with Crippen LogP contribution in [0.4, 0.5) is 0 Å². The second-order valence-electron chi connectivity index (χ2n) is 1.77. The van der Waals surface area contributed by atoms with Crippen LogP contribution in [0.25, 0.3) is 0 Å². The van der Waals surface area contributed by atoms with Gasteiger partial charge in [-0.15, -0.1) is 10.2 Å². The number of nitrogens with zero attached hydrogens (tertiary/aromatic N) is 3. The molecule has 1 N–H and O–H groups in total. The number of hydrogen-bond donors (Lipinski definition) is 1. The van der Waals surface area contributed by atoms with E-state index in [9.17, 15) is 4.79 Å². The third kappa shape index (κ3) is 1.25. The normalized spacial score (nSPS) is 9.30. The Bertz CT molecular complexity index is 261. The van der Waals surface area contributed by atoms with Crippen LogP contribution in [-0.2, 0) is 0 Å². The Morgan fingerprint density at radius 1 is 1.60 bits per heavy atom. The molecule has 0 aromatic carbocycles. The molecule has 0 aliphatic carbocycles. The summed E-state index contributed by atoms with van der Waals surface area (Å²) in [6.45, 7) is 1.65. The van der Waals surface area contributed by atoms with Gasteiger partial charge in [-0.05, 0) is 18.2 Å². The first-order valence-electron chi connectivity index (χ1n) is 2.60. The van der Waals surface area contributed by atoms with E-state index >= 15 is 0 Å². The maximum atomic E-state index is 10.2. The molecule has 1 aromatic heterocycles. The number of carbonyl (C=O) groups is 1. The third-order valence-electron chi connectivity index (χ3n) is 0.920. The second kappa shape index (κ2) is 2.38. The predicted octanol–water partition coefficient (Wildman–Crippen LogP) is -0.122. The molecule has 0 aliphatic rings. The molecule has 1 rings (SSSR count). The Morgan fingerprint density at radius 3 is 2.70 bits per heavy atom. The fourth-order valence-electron chi connectivity index (χ4n) is 0.501. The second-order valence-corrected chi connectivity index (χ2v) is 1.77. The molecule has 0 radical (unpaired) electrons. The minimum atomic E-state index is -1.09. The quantitative estimate of drug-likeness (QED) is 0.586. The monoisotopic (exact) mass is 139 g/mol. The molecule has 0 spiro atoms. The van der Waals surface area contributed by atoms with E-state index in [1.807, 2.05) is 0 Å². The SMILES string of the molecule is Cc1cc(C(=O)O)nnn1. The van der Waals surface area contributed by atoms with E-state index in [4.69, 9.17) is 5.11 Å². The molecule has 0 saturated heterocycles. The van der Waals surface area contributed by atoms with Gasteiger partial charge in [0, 0.05) is 0 Å². The highest BCUT2D eigenvalue weighted by Crippen LogP contribution is 1.92. The number of aryl methyl sites for hydroxylation is 1. The van der Waals surface area contributed by atoms with Gasteiger partial charge in [-0.2, -0.15) is 0 Å². The summed E-state index contributed by atoms with van der Waals surface area (Å²) in [7, 11) is 0. The van der Waals surface area contributed by atoms with Gasteiger partial charge in [-0.3, -0.25) is 0 Å². The maximum absolute atomic E-state index is 10.2. The van der Waals surface area contributed by atoms with Crippen LogP contribution in [0.5, 0.6) is 0 Å². The number of aromatic nitrogens is 3. The maximum Gasteiger partial charge on any atom is 0.356 e. The average Bonchev–Trinajstić information content (AvgIpc) is 1.88. The lowest BCUT2D eigenvalue weighted by molar-refractivity contribution is 0.0688. The van der Waals surface area contributed by atoms with Crippen molar-refractivity contribution in [1.29, 1.82) is 0 Å². The number of carboxylic acids is 1. The van der Waals surface area contributed by atoms with Crippen LogP contribution in [0.15, 0.2) is 6.07 Å². The van der Waals surface area contributed by atoms with Crippen molar-refractivity contribution < 1.29 is 9.90 Å². The number of rotatable bonds is 1. The topological polar surface area (TPSA) is 76.0 Å². The highest BCUT2D eigenvalue weighted by Gasteiger charge is 2.03. The number of carboxylic acid groups (broad SMARTS) is 1. The first-order valence-corrected chi connectivity index (χ1v) is 2.60. The summed E-state index contributed by atoms with van der Waals surface area (Å²) in [6, 6.07) is 1.36. The van der Waals surface area contributed by atoms with Crippen molar-refractivity contribution in [2.24, 2.45) is 0 Å². The fourth-order valence-corrected chi connectivity index (χ4v) is 0.501. The molecule has 1 heterocycles. The van der Waals surface area contributed by atoms with E-state index in [1.165, 1.54) is 6.07 Å². The van der Waals surface area contributed by atoms with Gasteiger partial charge < -0.3 is 5.11 Å². The van der Waals surface area contributed by atoms with Gasteiger partial charge >= 0.3 is 5.97 Å². The summed E-state index contributed by atoms with van der Waals surface area (Å²) in [5.41, 5.74) is 0.472. The van der Waals surface area contributed by atoms with E-state index in [0.717, 1.165) is 0 Å². The molecule has 52 valence electrons. The molecular formula is C5H5N3O2. The van der Waals surface area contributed by atoms with Gasteiger partial charge in [0.05, 0.1) is 5.69 Å². The molecule has 5 nitrogen and oxygen atoms in total. The molecule has 10 heavy (non-hydrogen) atoms. The van der Waals surface area contributed by atoms with Crippen molar-refractivity contribution in [2.45, 2.75) is 6.92 Å². The first-order chi connectivity index (χ1) is 4.70. The Labute approximate surface area is 56.7 Å². The van der Waals surface area contributed by atoms with Crippen LogP contribution >= 0.6 is 0 Å². The molecule has 0 saturated carbocycles. The lowest BCUT2D eigenvalue weighted by Gasteiger charge is -1.90. The summed E-state index contributed by atoms with van der Waals surface area (Å²) in [6.07, 6.45) is 0. The van der Waals surface area contributed by atoms with Crippen molar-refractivity contribution in [1.82, 2.24) is 15.4 Å². The smallest absolute Gasteiger partial charge is 0.356 e. The van der Waals surface area contributed by atoms with E-state index in [2.05, 4.69) is 15.4 Å². The van der Waals surface area contributed by atoms with Crippen molar-refractivity contribution in [2.75, 3.05) is 0 Å². The van der Waals surface area contributed by atoms with Crippen molar-refractivity contribution in [3.8, 4) is 0 Å². The van der Waals surface area contributed by atoms with E-state index < -0.39 is 5.97 Å². The van der Waals surface area contributed by atoms with Crippen LogP contribution in [0.3, 0.4) is 0 Å². The zero-order valence-corrected chi connectivity index (χ0v) is 5.27. The number of aromatic carboxylic acids is 1. The summed E-state index contributed by atoms with van der Waals surface area (Å²) in [5.74, 6) is -1.09. The Morgan fingerprint density at radius 2 is 2.30 bits per heavy atom. The summed E-state index contributed by atoms with van der Waals surface area (Å²) >= 11 is 0. The first kappa shape index (κ1) is 6.60. The molecule has 0 amide bonds. The highest BCUT2D eigenvalue weighted by atomic mass is 16.4. The van der Waals surface area contributed by atoms with Gasteiger partial charge in [0.15, 0.2) is 5.69 Å².